The Morgan fingerprint density at radius 2 is 1.71 bits per heavy atom. The van der Waals surface area contributed by atoms with Crippen LogP contribution in [0.5, 0.6) is 0 Å². The van der Waals surface area contributed by atoms with Gasteiger partial charge < -0.3 is 19.6 Å². The van der Waals surface area contributed by atoms with Crippen molar-refractivity contribution < 1.29 is 13.9 Å². The first kappa shape index (κ1) is 21.1. The molecule has 0 radical (unpaired) electrons. The van der Waals surface area contributed by atoms with Crippen molar-refractivity contribution in [2.45, 2.75) is 25.7 Å². The van der Waals surface area contributed by atoms with Gasteiger partial charge in [-0.1, -0.05) is 0 Å². The number of hydrazone groups is 1. The van der Waals surface area contributed by atoms with Crippen LogP contribution in [0.3, 0.4) is 0 Å². The average Bonchev–Trinajstić information content (AvgIpc) is 3.47. The van der Waals surface area contributed by atoms with E-state index in [1.807, 2.05) is 24.0 Å². The summed E-state index contributed by atoms with van der Waals surface area (Å²) in [5.41, 5.74) is 5.80. The third-order valence-electron chi connectivity index (χ3n) is 6.95. The summed E-state index contributed by atoms with van der Waals surface area (Å²) in [6.45, 7) is 2.80. The van der Waals surface area contributed by atoms with Crippen molar-refractivity contribution >= 4 is 33.3 Å². The molecule has 0 spiro atoms. The maximum Gasteiger partial charge on any atom is 0.226 e. The summed E-state index contributed by atoms with van der Waals surface area (Å²) >= 11 is 0. The van der Waals surface area contributed by atoms with Crippen LogP contribution in [0, 0.1) is 17.6 Å². The Kier molecular flexibility index (Phi) is 5.04. The highest BCUT2D eigenvalue weighted by molar-refractivity contribution is 6.20. The second-order valence-corrected chi connectivity index (χ2v) is 9.14. The zero-order valence-electron chi connectivity index (χ0n) is 18.8. The molecular weight excluding hydrogens is 438 g/mol. The van der Waals surface area contributed by atoms with Crippen molar-refractivity contribution in [2.24, 2.45) is 18.1 Å². The Balaban J connectivity index is 1.47. The molecule has 0 saturated carbocycles. The van der Waals surface area contributed by atoms with Crippen LogP contribution in [0.25, 0.3) is 21.8 Å². The number of aliphatic hydroxyl groups excluding tert-OH is 1. The van der Waals surface area contributed by atoms with Crippen LogP contribution in [0.2, 0.25) is 0 Å². The minimum atomic E-state index is -1.14. The van der Waals surface area contributed by atoms with E-state index in [1.54, 1.807) is 17.0 Å². The number of aromatic nitrogens is 2. The predicted octanol–water partition coefficient (Wildman–Crippen LogP) is 3.46. The van der Waals surface area contributed by atoms with E-state index in [-0.39, 0.29) is 11.6 Å². The van der Waals surface area contributed by atoms with Gasteiger partial charge in [-0.3, -0.25) is 10.3 Å². The lowest BCUT2D eigenvalue weighted by molar-refractivity contribution is 0.159. The van der Waals surface area contributed by atoms with Gasteiger partial charge in [0.2, 0.25) is 6.35 Å². The molecule has 1 unspecified atom stereocenters. The van der Waals surface area contributed by atoms with E-state index >= 15 is 0 Å². The van der Waals surface area contributed by atoms with Crippen LogP contribution in [-0.4, -0.2) is 39.5 Å². The number of halogens is 2. The van der Waals surface area contributed by atoms with Crippen molar-refractivity contribution in [3.63, 3.8) is 0 Å². The molecule has 2 aromatic carbocycles. The van der Waals surface area contributed by atoms with Crippen LogP contribution in [0.15, 0.2) is 53.9 Å². The fraction of sp³-hybridized carbons (Fsp3) is 0.320. The normalized spacial score (nSPS) is 19.2. The van der Waals surface area contributed by atoms with Crippen LogP contribution in [0.1, 0.15) is 18.4 Å². The van der Waals surface area contributed by atoms with Gasteiger partial charge in [-0.25, -0.2) is 8.78 Å². The highest BCUT2D eigenvalue weighted by Gasteiger charge is 2.33. The van der Waals surface area contributed by atoms with Gasteiger partial charge in [0.1, 0.15) is 11.6 Å². The number of nitrogens with one attached hydrogen (secondary N) is 2. The number of benzene rings is 2. The number of aliphatic hydroxyl groups is 1. The fourth-order valence-electron chi connectivity index (χ4n) is 5.26. The topological polar surface area (TPSA) is 69.8 Å². The molecule has 4 heterocycles. The molecule has 9 heteroatoms. The molecule has 2 aliphatic heterocycles. The molecule has 7 nitrogen and oxygen atoms in total. The molecule has 0 amide bonds. The first-order valence-corrected chi connectivity index (χ1v) is 11.5. The molecule has 3 N–H and O–H groups in total. The Morgan fingerprint density at radius 3 is 2.47 bits per heavy atom. The molecule has 4 aromatic rings. The number of piperidine rings is 1. The van der Waals surface area contributed by atoms with Crippen molar-refractivity contribution in [3.8, 4) is 0 Å². The van der Waals surface area contributed by atoms with Gasteiger partial charge in [0, 0.05) is 47.8 Å². The number of amidine groups is 1. The summed E-state index contributed by atoms with van der Waals surface area (Å²) in [4.78, 5) is 1.65. The number of aryl methyl sites for hydroxylation is 1. The Morgan fingerprint density at radius 1 is 1.00 bits per heavy atom. The Labute approximate surface area is 195 Å². The highest BCUT2D eigenvalue weighted by atomic mass is 19.1. The molecule has 1 saturated heterocycles. The van der Waals surface area contributed by atoms with Gasteiger partial charge in [0.15, 0.2) is 5.84 Å². The van der Waals surface area contributed by atoms with Crippen LogP contribution in [-0.2, 0) is 13.6 Å². The summed E-state index contributed by atoms with van der Waals surface area (Å²) in [5, 5.41) is 20.0. The molecular formula is C25H26F2N6O. The number of anilines is 1. The minimum Gasteiger partial charge on any atom is -0.355 e. The first-order chi connectivity index (χ1) is 16.5. The summed E-state index contributed by atoms with van der Waals surface area (Å²) in [6.07, 6.45) is 4.85. The zero-order valence-corrected chi connectivity index (χ0v) is 18.8. The lowest BCUT2D eigenvalue weighted by Gasteiger charge is -2.24. The quantitative estimate of drug-likeness (QED) is 0.433. The fourth-order valence-corrected chi connectivity index (χ4v) is 5.26. The van der Waals surface area contributed by atoms with Gasteiger partial charge in [-0.05, 0) is 68.2 Å². The zero-order chi connectivity index (χ0) is 23.4. The van der Waals surface area contributed by atoms with E-state index in [4.69, 9.17) is 0 Å². The lowest BCUT2D eigenvalue weighted by Crippen LogP contribution is -2.40. The van der Waals surface area contributed by atoms with Gasteiger partial charge in [-0.2, -0.15) is 5.10 Å². The standard InChI is InChI=1S/C25H26F2N6O/c1-31-13-20(18-10-16(26)2-4-21(18)31)24-29-30-25(34)33(24)23-14-32(12-15-6-8-28-9-7-15)22-5-3-17(27)11-19(22)23/h2-5,10-11,13-15,25,28,30,34H,6-9,12H2,1H3. The monoisotopic (exact) mass is 464 g/mol. The Hall–Kier alpha value is -3.43. The summed E-state index contributed by atoms with van der Waals surface area (Å²) in [6, 6.07) is 9.36. The van der Waals surface area contributed by atoms with E-state index in [9.17, 15) is 13.9 Å². The summed E-state index contributed by atoms with van der Waals surface area (Å²) < 4.78 is 32.5. The lowest BCUT2D eigenvalue weighted by atomic mass is 9.98. The van der Waals surface area contributed by atoms with E-state index in [0.29, 0.717) is 33.8 Å². The molecule has 2 aromatic heterocycles. The van der Waals surface area contributed by atoms with Gasteiger partial charge in [0.25, 0.3) is 0 Å². The summed E-state index contributed by atoms with van der Waals surface area (Å²) in [7, 11) is 1.88. The first-order valence-electron chi connectivity index (χ1n) is 11.5. The second kappa shape index (κ2) is 8.11. The second-order valence-electron chi connectivity index (χ2n) is 9.14. The predicted molar refractivity (Wildman–Crippen MR) is 129 cm³/mol. The number of fused-ring (bicyclic) bond motifs is 2. The van der Waals surface area contributed by atoms with E-state index in [0.717, 1.165) is 43.5 Å². The molecule has 6 rings (SSSR count). The molecule has 2 aliphatic rings. The molecule has 1 atom stereocenters. The van der Waals surface area contributed by atoms with Gasteiger partial charge in [-0.15, -0.1) is 0 Å². The maximum atomic E-state index is 14.4. The van der Waals surface area contributed by atoms with Crippen molar-refractivity contribution in [2.75, 3.05) is 18.0 Å². The van der Waals surface area contributed by atoms with Crippen molar-refractivity contribution in [1.29, 1.82) is 0 Å². The number of hydrogen-bond acceptors (Lipinski definition) is 5. The largest absolute Gasteiger partial charge is 0.355 e. The SMILES string of the molecule is Cn1cc(C2=NNC(O)N2c2cn(CC3CCNCC3)c3ccc(F)cc23)c2cc(F)ccc21. The van der Waals surface area contributed by atoms with Crippen LogP contribution < -0.4 is 15.6 Å². The molecule has 0 aliphatic carbocycles. The van der Waals surface area contributed by atoms with Crippen LogP contribution in [0.4, 0.5) is 14.5 Å². The number of rotatable bonds is 4. The van der Waals surface area contributed by atoms with Crippen molar-refractivity contribution in [3.05, 3.63) is 66.0 Å². The summed E-state index contributed by atoms with van der Waals surface area (Å²) in [5.74, 6) is 0.277. The molecule has 0 bridgehead atoms. The van der Waals surface area contributed by atoms with Gasteiger partial charge in [0.05, 0.1) is 11.2 Å². The highest BCUT2D eigenvalue weighted by Crippen LogP contribution is 2.35. The van der Waals surface area contributed by atoms with E-state index in [1.165, 1.54) is 24.3 Å². The number of nitrogens with zero attached hydrogens (tertiary/aromatic N) is 4. The smallest absolute Gasteiger partial charge is 0.226 e. The van der Waals surface area contributed by atoms with E-state index < -0.39 is 6.35 Å². The molecule has 34 heavy (non-hydrogen) atoms. The molecule has 1 fully saturated rings. The molecule has 176 valence electrons. The van der Waals surface area contributed by atoms with Crippen LogP contribution >= 0.6 is 0 Å². The van der Waals surface area contributed by atoms with Crippen molar-refractivity contribution in [1.82, 2.24) is 19.9 Å². The number of hydrogen-bond donors (Lipinski definition) is 3. The third-order valence-corrected chi connectivity index (χ3v) is 6.95. The minimum absolute atomic E-state index is 0.347. The Bertz CT molecular complexity index is 1420. The maximum absolute atomic E-state index is 14.4. The average molecular weight is 465 g/mol. The van der Waals surface area contributed by atoms with Gasteiger partial charge >= 0.3 is 0 Å². The van der Waals surface area contributed by atoms with E-state index in [2.05, 4.69) is 20.4 Å². The third kappa shape index (κ3) is 3.43.